The minimum Gasteiger partial charge on any atom is -0.303 e. The molecule has 2 aromatic heterocycles. The standard InChI is InChI=1S/C14H17ClN2S/c1-3-12(11-6-8-16-9-7-11)17-10(2)13-4-5-14(15)18-13/h4-10,12,17H,3H2,1-2H3/t10-,12+/m0/s1. The molecular weight excluding hydrogens is 264 g/mol. The second kappa shape index (κ2) is 6.32. The Kier molecular flexibility index (Phi) is 4.75. The van der Waals surface area contributed by atoms with Crippen molar-refractivity contribution in [2.45, 2.75) is 32.4 Å². The van der Waals surface area contributed by atoms with Gasteiger partial charge in [-0.3, -0.25) is 4.98 Å². The third-order valence-corrected chi connectivity index (χ3v) is 4.40. The summed E-state index contributed by atoms with van der Waals surface area (Å²) in [6.45, 7) is 4.36. The van der Waals surface area contributed by atoms with Crippen LogP contribution in [0, 0.1) is 0 Å². The fraction of sp³-hybridized carbons (Fsp3) is 0.357. The topological polar surface area (TPSA) is 24.9 Å². The molecule has 0 unspecified atom stereocenters. The quantitative estimate of drug-likeness (QED) is 0.866. The van der Waals surface area contributed by atoms with Crippen LogP contribution in [-0.2, 0) is 0 Å². The van der Waals surface area contributed by atoms with Gasteiger partial charge in [0, 0.05) is 29.4 Å². The summed E-state index contributed by atoms with van der Waals surface area (Å²) in [4.78, 5) is 5.33. The molecule has 2 heterocycles. The maximum Gasteiger partial charge on any atom is 0.0931 e. The van der Waals surface area contributed by atoms with Crippen LogP contribution in [0.2, 0.25) is 4.34 Å². The van der Waals surface area contributed by atoms with Gasteiger partial charge in [0.25, 0.3) is 0 Å². The SMILES string of the molecule is CC[C@@H](N[C@@H](C)c1ccc(Cl)s1)c1ccncc1. The van der Waals surface area contributed by atoms with E-state index in [-0.39, 0.29) is 0 Å². The lowest BCUT2D eigenvalue weighted by Gasteiger charge is -2.21. The molecule has 2 rings (SSSR count). The Balaban J connectivity index is 2.07. The summed E-state index contributed by atoms with van der Waals surface area (Å²) in [5.41, 5.74) is 1.28. The van der Waals surface area contributed by atoms with Crippen LogP contribution in [0.3, 0.4) is 0 Å². The highest BCUT2D eigenvalue weighted by Crippen LogP contribution is 2.29. The predicted molar refractivity (Wildman–Crippen MR) is 78.1 cm³/mol. The number of rotatable bonds is 5. The normalized spacial score (nSPS) is 14.4. The zero-order valence-electron chi connectivity index (χ0n) is 10.6. The largest absolute Gasteiger partial charge is 0.303 e. The number of hydrogen-bond acceptors (Lipinski definition) is 3. The van der Waals surface area contributed by atoms with Crippen LogP contribution in [0.5, 0.6) is 0 Å². The molecule has 0 radical (unpaired) electrons. The Morgan fingerprint density at radius 3 is 2.56 bits per heavy atom. The van der Waals surface area contributed by atoms with E-state index in [1.807, 2.05) is 18.5 Å². The van der Waals surface area contributed by atoms with Crippen molar-refractivity contribution in [2.24, 2.45) is 0 Å². The molecule has 2 aromatic rings. The van der Waals surface area contributed by atoms with E-state index in [1.54, 1.807) is 11.3 Å². The lowest BCUT2D eigenvalue weighted by Crippen LogP contribution is -2.23. The van der Waals surface area contributed by atoms with E-state index in [1.165, 1.54) is 10.4 Å². The van der Waals surface area contributed by atoms with Crippen molar-refractivity contribution >= 4 is 22.9 Å². The van der Waals surface area contributed by atoms with Gasteiger partial charge in [0.05, 0.1) is 4.34 Å². The second-order valence-corrected chi connectivity index (χ2v) is 6.02. The summed E-state index contributed by atoms with van der Waals surface area (Å²) < 4.78 is 0.843. The van der Waals surface area contributed by atoms with Crippen LogP contribution < -0.4 is 5.32 Å². The fourth-order valence-electron chi connectivity index (χ4n) is 1.99. The summed E-state index contributed by atoms with van der Waals surface area (Å²) >= 11 is 7.61. The van der Waals surface area contributed by atoms with E-state index < -0.39 is 0 Å². The van der Waals surface area contributed by atoms with Crippen LogP contribution in [0.25, 0.3) is 0 Å². The third-order valence-electron chi connectivity index (χ3n) is 2.99. The van der Waals surface area contributed by atoms with Crippen molar-refractivity contribution in [3.8, 4) is 0 Å². The van der Waals surface area contributed by atoms with Gasteiger partial charge >= 0.3 is 0 Å². The number of aromatic nitrogens is 1. The number of nitrogens with zero attached hydrogens (tertiary/aromatic N) is 1. The summed E-state index contributed by atoms with van der Waals surface area (Å²) in [6.07, 6.45) is 4.73. The minimum absolute atomic E-state index is 0.306. The summed E-state index contributed by atoms with van der Waals surface area (Å²) in [5.74, 6) is 0. The van der Waals surface area contributed by atoms with Crippen molar-refractivity contribution in [2.75, 3.05) is 0 Å². The number of hydrogen-bond donors (Lipinski definition) is 1. The monoisotopic (exact) mass is 280 g/mol. The Morgan fingerprint density at radius 1 is 1.28 bits per heavy atom. The maximum atomic E-state index is 5.97. The first-order valence-corrected chi connectivity index (χ1v) is 7.31. The van der Waals surface area contributed by atoms with Crippen LogP contribution >= 0.6 is 22.9 Å². The average molecular weight is 281 g/mol. The molecule has 18 heavy (non-hydrogen) atoms. The molecule has 0 aromatic carbocycles. The molecule has 2 nitrogen and oxygen atoms in total. The molecule has 0 aliphatic carbocycles. The molecule has 0 aliphatic heterocycles. The van der Waals surface area contributed by atoms with Crippen LogP contribution in [-0.4, -0.2) is 4.98 Å². The molecule has 1 N–H and O–H groups in total. The molecular formula is C14H17ClN2S. The van der Waals surface area contributed by atoms with Gasteiger partial charge in [-0.25, -0.2) is 0 Å². The average Bonchev–Trinajstić information content (AvgIpc) is 2.83. The van der Waals surface area contributed by atoms with E-state index >= 15 is 0 Å². The lowest BCUT2D eigenvalue weighted by atomic mass is 10.0. The Morgan fingerprint density at radius 2 is 2.00 bits per heavy atom. The first-order valence-electron chi connectivity index (χ1n) is 6.12. The van der Waals surface area contributed by atoms with Crippen molar-refractivity contribution in [1.29, 1.82) is 0 Å². The zero-order chi connectivity index (χ0) is 13.0. The summed E-state index contributed by atoms with van der Waals surface area (Å²) in [5, 5.41) is 3.64. The molecule has 0 bridgehead atoms. The van der Waals surface area contributed by atoms with Gasteiger partial charge in [0.1, 0.15) is 0 Å². The molecule has 0 spiro atoms. The lowest BCUT2D eigenvalue weighted by molar-refractivity contribution is 0.460. The highest BCUT2D eigenvalue weighted by Gasteiger charge is 2.14. The zero-order valence-corrected chi connectivity index (χ0v) is 12.1. The molecule has 4 heteroatoms. The summed E-state index contributed by atoms with van der Waals surface area (Å²) in [6, 6.07) is 8.83. The highest BCUT2D eigenvalue weighted by atomic mass is 35.5. The van der Waals surface area contributed by atoms with Crippen molar-refractivity contribution in [3.05, 3.63) is 51.4 Å². The Bertz CT molecular complexity index is 484. The first kappa shape index (κ1) is 13.5. The van der Waals surface area contributed by atoms with Gasteiger partial charge in [-0.2, -0.15) is 0 Å². The second-order valence-electron chi connectivity index (χ2n) is 4.27. The smallest absolute Gasteiger partial charge is 0.0931 e. The number of thiophene rings is 1. The maximum absolute atomic E-state index is 5.97. The van der Waals surface area contributed by atoms with Crippen molar-refractivity contribution in [3.63, 3.8) is 0 Å². The molecule has 0 amide bonds. The molecule has 0 aliphatic rings. The number of halogens is 1. The van der Waals surface area contributed by atoms with E-state index in [0.717, 1.165) is 10.8 Å². The van der Waals surface area contributed by atoms with E-state index in [9.17, 15) is 0 Å². The Labute approximate surface area is 117 Å². The van der Waals surface area contributed by atoms with Crippen molar-refractivity contribution in [1.82, 2.24) is 10.3 Å². The molecule has 0 saturated heterocycles. The van der Waals surface area contributed by atoms with Gasteiger partial charge in [-0.1, -0.05) is 18.5 Å². The van der Waals surface area contributed by atoms with Gasteiger partial charge in [-0.15, -0.1) is 11.3 Å². The third kappa shape index (κ3) is 3.31. The molecule has 0 saturated carbocycles. The number of pyridine rings is 1. The van der Waals surface area contributed by atoms with Crippen LogP contribution in [0.15, 0.2) is 36.7 Å². The van der Waals surface area contributed by atoms with E-state index in [2.05, 4.69) is 42.3 Å². The number of nitrogens with one attached hydrogen (secondary N) is 1. The van der Waals surface area contributed by atoms with E-state index in [4.69, 9.17) is 11.6 Å². The molecule has 2 atom stereocenters. The fourth-order valence-corrected chi connectivity index (χ4v) is 3.06. The van der Waals surface area contributed by atoms with Gasteiger partial charge in [0.15, 0.2) is 0 Å². The van der Waals surface area contributed by atoms with E-state index in [0.29, 0.717) is 12.1 Å². The highest BCUT2D eigenvalue weighted by molar-refractivity contribution is 7.16. The van der Waals surface area contributed by atoms with Gasteiger partial charge in [-0.05, 0) is 43.2 Å². The first-order chi connectivity index (χ1) is 8.70. The van der Waals surface area contributed by atoms with Crippen LogP contribution in [0.1, 0.15) is 42.8 Å². The summed E-state index contributed by atoms with van der Waals surface area (Å²) in [7, 11) is 0. The minimum atomic E-state index is 0.306. The molecule has 0 fully saturated rings. The molecule has 96 valence electrons. The van der Waals surface area contributed by atoms with Gasteiger partial charge in [0.2, 0.25) is 0 Å². The predicted octanol–water partition coefficient (Wildman–Crippen LogP) is 4.60. The van der Waals surface area contributed by atoms with Gasteiger partial charge < -0.3 is 5.32 Å². The van der Waals surface area contributed by atoms with Crippen molar-refractivity contribution < 1.29 is 0 Å². The van der Waals surface area contributed by atoms with Crippen LogP contribution in [0.4, 0.5) is 0 Å². The Hall–Kier alpha value is -0.900.